The van der Waals surface area contributed by atoms with Gasteiger partial charge in [0.2, 0.25) is 11.8 Å². The summed E-state index contributed by atoms with van der Waals surface area (Å²) in [5.74, 6) is 1.82. The summed E-state index contributed by atoms with van der Waals surface area (Å²) in [7, 11) is 0. The van der Waals surface area contributed by atoms with E-state index in [2.05, 4.69) is 5.32 Å². The van der Waals surface area contributed by atoms with Crippen LogP contribution < -0.4 is 29.2 Å². The zero-order chi connectivity index (χ0) is 19.8. The van der Waals surface area contributed by atoms with Crippen LogP contribution in [0.1, 0.15) is 6.42 Å². The van der Waals surface area contributed by atoms with Crippen molar-refractivity contribution < 1.29 is 28.5 Å². The standard InChI is InChI=1S/C21H20N2O6/c24-20-9-13(12-23(20)15-2-4-17-19(11-15)29-8-6-27-17)21(25)22-14-1-3-16-18(10-14)28-7-5-26-16/h1-4,10-11,13H,5-9,12H2,(H,22,25). The molecule has 3 aliphatic heterocycles. The van der Waals surface area contributed by atoms with Gasteiger partial charge in [-0.1, -0.05) is 0 Å². The molecule has 8 nitrogen and oxygen atoms in total. The molecular formula is C21H20N2O6. The third kappa shape index (κ3) is 3.41. The third-order valence-electron chi connectivity index (χ3n) is 5.14. The number of carbonyl (C=O) groups excluding carboxylic acids is 2. The SMILES string of the molecule is O=C(Nc1ccc2c(c1)OCCO2)C1CC(=O)N(c2ccc3c(c2)OCCO3)C1. The molecule has 2 aromatic carbocycles. The van der Waals surface area contributed by atoms with Crippen molar-refractivity contribution in [2.24, 2.45) is 5.92 Å². The number of anilines is 2. The number of amides is 2. The van der Waals surface area contributed by atoms with Crippen molar-refractivity contribution in [3.8, 4) is 23.0 Å². The Kier molecular flexibility index (Phi) is 4.38. The lowest BCUT2D eigenvalue weighted by molar-refractivity contribution is -0.122. The maximum atomic E-state index is 12.7. The Bertz CT molecular complexity index is 976. The molecule has 0 aliphatic carbocycles. The van der Waals surface area contributed by atoms with Crippen molar-refractivity contribution in [1.29, 1.82) is 0 Å². The Morgan fingerprint density at radius 1 is 0.862 bits per heavy atom. The second-order valence-electron chi connectivity index (χ2n) is 7.08. The van der Waals surface area contributed by atoms with Gasteiger partial charge in [-0.2, -0.15) is 0 Å². The van der Waals surface area contributed by atoms with E-state index in [0.29, 0.717) is 67.3 Å². The van der Waals surface area contributed by atoms with Crippen LogP contribution in [0.25, 0.3) is 0 Å². The largest absolute Gasteiger partial charge is 0.486 e. The monoisotopic (exact) mass is 396 g/mol. The first-order valence-electron chi connectivity index (χ1n) is 9.58. The van der Waals surface area contributed by atoms with Crippen molar-refractivity contribution in [1.82, 2.24) is 0 Å². The molecule has 1 unspecified atom stereocenters. The van der Waals surface area contributed by atoms with E-state index < -0.39 is 5.92 Å². The first-order valence-corrected chi connectivity index (χ1v) is 9.58. The number of nitrogens with zero attached hydrogens (tertiary/aromatic N) is 1. The van der Waals surface area contributed by atoms with E-state index in [0.717, 1.165) is 0 Å². The lowest BCUT2D eigenvalue weighted by Crippen LogP contribution is -2.28. The van der Waals surface area contributed by atoms with E-state index in [-0.39, 0.29) is 18.2 Å². The number of hydrogen-bond donors (Lipinski definition) is 1. The van der Waals surface area contributed by atoms with Crippen molar-refractivity contribution >= 4 is 23.2 Å². The molecule has 1 saturated heterocycles. The van der Waals surface area contributed by atoms with Crippen molar-refractivity contribution in [3.63, 3.8) is 0 Å². The summed E-state index contributed by atoms with van der Waals surface area (Å²) >= 11 is 0. The minimum Gasteiger partial charge on any atom is -0.486 e. The van der Waals surface area contributed by atoms with Crippen LogP contribution in [0.2, 0.25) is 0 Å². The van der Waals surface area contributed by atoms with Gasteiger partial charge in [0.15, 0.2) is 23.0 Å². The molecule has 1 fully saturated rings. The molecule has 0 saturated carbocycles. The number of benzene rings is 2. The molecule has 3 aliphatic rings. The van der Waals surface area contributed by atoms with E-state index in [4.69, 9.17) is 18.9 Å². The Balaban J connectivity index is 1.28. The van der Waals surface area contributed by atoms with Crippen LogP contribution in [0.3, 0.4) is 0 Å². The highest BCUT2D eigenvalue weighted by atomic mass is 16.6. The maximum absolute atomic E-state index is 12.7. The quantitative estimate of drug-likeness (QED) is 0.856. The van der Waals surface area contributed by atoms with Crippen molar-refractivity contribution in [3.05, 3.63) is 36.4 Å². The molecule has 8 heteroatoms. The predicted octanol–water partition coefficient (Wildman–Crippen LogP) is 2.22. The molecular weight excluding hydrogens is 376 g/mol. The molecule has 0 radical (unpaired) electrons. The van der Waals surface area contributed by atoms with Gasteiger partial charge in [-0.25, -0.2) is 0 Å². The van der Waals surface area contributed by atoms with Gasteiger partial charge >= 0.3 is 0 Å². The normalized spacial score (nSPS) is 19.8. The summed E-state index contributed by atoms with van der Waals surface area (Å²) in [5.41, 5.74) is 1.32. The van der Waals surface area contributed by atoms with Crippen LogP contribution in [0.4, 0.5) is 11.4 Å². The Morgan fingerprint density at radius 2 is 1.48 bits per heavy atom. The summed E-state index contributed by atoms with van der Waals surface area (Å²) in [6.45, 7) is 2.29. The van der Waals surface area contributed by atoms with Crippen LogP contribution in [0.15, 0.2) is 36.4 Å². The van der Waals surface area contributed by atoms with E-state index in [1.165, 1.54) is 0 Å². The van der Waals surface area contributed by atoms with E-state index in [1.54, 1.807) is 35.2 Å². The number of rotatable bonds is 3. The van der Waals surface area contributed by atoms with Gasteiger partial charge in [0, 0.05) is 36.5 Å². The summed E-state index contributed by atoms with van der Waals surface area (Å²) in [5, 5.41) is 2.88. The zero-order valence-corrected chi connectivity index (χ0v) is 15.7. The van der Waals surface area contributed by atoms with Gasteiger partial charge in [0.25, 0.3) is 0 Å². The highest BCUT2D eigenvalue weighted by molar-refractivity contribution is 6.03. The van der Waals surface area contributed by atoms with Gasteiger partial charge in [-0.15, -0.1) is 0 Å². The highest BCUT2D eigenvalue weighted by Gasteiger charge is 2.35. The number of fused-ring (bicyclic) bond motifs is 2. The van der Waals surface area contributed by atoms with Gasteiger partial charge in [-0.05, 0) is 24.3 Å². The zero-order valence-electron chi connectivity index (χ0n) is 15.7. The summed E-state index contributed by atoms with van der Waals surface area (Å²) in [6, 6.07) is 10.7. The second-order valence-corrected chi connectivity index (χ2v) is 7.08. The number of ether oxygens (including phenoxy) is 4. The lowest BCUT2D eigenvalue weighted by Gasteiger charge is -2.22. The fourth-order valence-electron chi connectivity index (χ4n) is 3.70. The number of carbonyl (C=O) groups is 2. The molecule has 2 aromatic rings. The molecule has 1 atom stereocenters. The smallest absolute Gasteiger partial charge is 0.229 e. The van der Waals surface area contributed by atoms with E-state index in [9.17, 15) is 9.59 Å². The van der Waals surface area contributed by atoms with E-state index in [1.807, 2.05) is 6.07 Å². The Labute approximate surface area is 167 Å². The molecule has 0 aromatic heterocycles. The average molecular weight is 396 g/mol. The molecule has 0 bridgehead atoms. The molecule has 150 valence electrons. The Morgan fingerprint density at radius 3 is 2.21 bits per heavy atom. The van der Waals surface area contributed by atoms with Gasteiger partial charge in [0.05, 0.1) is 5.92 Å². The molecule has 1 N–H and O–H groups in total. The van der Waals surface area contributed by atoms with Crippen molar-refractivity contribution in [2.75, 3.05) is 43.2 Å². The first kappa shape index (κ1) is 17.7. The van der Waals surface area contributed by atoms with Crippen molar-refractivity contribution in [2.45, 2.75) is 6.42 Å². The molecule has 5 rings (SSSR count). The second kappa shape index (κ2) is 7.20. The topological polar surface area (TPSA) is 86.3 Å². The highest BCUT2D eigenvalue weighted by Crippen LogP contribution is 2.36. The van der Waals surface area contributed by atoms with Crippen LogP contribution in [-0.4, -0.2) is 44.8 Å². The third-order valence-corrected chi connectivity index (χ3v) is 5.14. The molecule has 0 spiro atoms. The fraction of sp³-hybridized carbons (Fsp3) is 0.333. The summed E-state index contributed by atoms with van der Waals surface area (Å²) < 4.78 is 22.2. The average Bonchev–Trinajstić information content (AvgIpc) is 3.15. The molecule has 29 heavy (non-hydrogen) atoms. The van der Waals surface area contributed by atoms with Gasteiger partial charge in [-0.3, -0.25) is 9.59 Å². The fourth-order valence-corrected chi connectivity index (χ4v) is 3.70. The van der Waals surface area contributed by atoms with Crippen LogP contribution in [0.5, 0.6) is 23.0 Å². The van der Waals surface area contributed by atoms with E-state index >= 15 is 0 Å². The summed E-state index contributed by atoms with van der Waals surface area (Å²) in [4.78, 5) is 26.9. The Hall–Kier alpha value is -3.42. The summed E-state index contributed by atoms with van der Waals surface area (Å²) in [6.07, 6.45) is 0.158. The van der Waals surface area contributed by atoms with Crippen LogP contribution >= 0.6 is 0 Å². The number of nitrogens with one attached hydrogen (secondary N) is 1. The number of hydrogen-bond acceptors (Lipinski definition) is 6. The maximum Gasteiger partial charge on any atom is 0.229 e. The minimum absolute atomic E-state index is 0.0935. The van der Waals surface area contributed by atoms with Gasteiger partial charge < -0.3 is 29.2 Å². The van der Waals surface area contributed by atoms with Crippen LogP contribution in [-0.2, 0) is 9.59 Å². The molecule has 3 heterocycles. The minimum atomic E-state index is -0.441. The lowest BCUT2D eigenvalue weighted by atomic mass is 10.1. The molecule has 2 amide bonds. The first-order chi connectivity index (χ1) is 14.2. The van der Waals surface area contributed by atoms with Crippen LogP contribution in [0, 0.1) is 5.92 Å². The van der Waals surface area contributed by atoms with Gasteiger partial charge in [0.1, 0.15) is 26.4 Å². The predicted molar refractivity (Wildman–Crippen MR) is 104 cm³/mol.